The predicted molar refractivity (Wildman–Crippen MR) is 120 cm³/mol. The molecule has 1 aromatic heterocycles. The van der Waals surface area contributed by atoms with Gasteiger partial charge in [0.1, 0.15) is 28.8 Å². The zero-order valence-corrected chi connectivity index (χ0v) is 18.3. The van der Waals surface area contributed by atoms with Gasteiger partial charge in [0.05, 0.1) is 21.4 Å². The summed E-state index contributed by atoms with van der Waals surface area (Å²) in [6.45, 7) is 0.280. The number of phenols is 1. The van der Waals surface area contributed by atoms with Gasteiger partial charge in [-0.2, -0.15) is 0 Å². The van der Waals surface area contributed by atoms with E-state index in [4.69, 9.17) is 4.74 Å². The third-order valence-electron chi connectivity index (χ3n) is 4.62. The van der Waals surface area contributed by atoms with Crippen LogP contribution >= 0.6 is 11.3 Å². The number of aromatic hydroxyl groups is 1. The molecule has 32 heavy (non-hydrogen) atoms. The van der Waals surface area contributed by atoms with E-state index < -0.39 is 32.2 Å². The van der Waals surface area contributed by atoms with E-state index in [0.717, 1.165) is 28.1 Å². The highest BCUT2D eigenvalue weighted by atomic mass is 32.2. The molecule has 2 N–H and O–H groups in total. The van der Waals surface area contributed by atoms with E-state index >= 15 is 0 Å². The molecule has 4 aromatic rings. The fourth-order valence-corrected chi connectivity index (χ4v) is 4.41. The van der Waals surface area contributed by atoms with Gasteiger partial charge in [0.15, 0.2) is 9.84 Å². The molecule has 0 unspecified atom stereocenters. The quantitative estimate of drug-likeness (QED) is 0.319. The van der Waals surface area contributed by atoms with Gasteiger partial charge in [-0.25, -0.2) is 17.8 Å². The molecular formula is C22H17FN2O5S2. The van der Waals surface area contributed by atoms with Crippen LogP contribution in [0.5, 0.6) is 11.5 Å². The van der Waals surface area contributed by atoms with E-state index in [2.05, 4.69) is 10.3 Å². The molecule has 1 amide bonds. The molecule has 1 heterocycles. The van der Waals surface area contributed by atoms with Crippen molar-refractivity contribution in [1.82, 2.24) is 4.98 Å². The summed E-state index contributed by atoms with van der Waals surface area (Å²) in [5.74, 6) is -1.63. The minimum Gasteiger partial charge on any atom is -0.506 e. The molecule has 0 bridgehead atoms. The summed E-state index contributed by atoms with van der Waals surface area (Å²) in [4.78, 5) is 16.2. The van der Waals surface area contributed by atoms with Crippen LogP contribution in [0, 0.1) is 5.82 Å². The van der Waals surface area contributed by atoms with Crippen LogP contribution in [0.15, 0.2) is 65.0 Å². The lowest BCUT2D eigenvalue weighted by Gasteiger charge is -2.10. The van der Waals surface area contributed by atoms with Crippen LogP contribution in [0.1, 0.15) is 15.9 Å². The van der Waals surface area contributed by atoms with E-state index in [0.29, 0.717) is 11.8 Å². The van der Waals surface area contributed by atoms with E-state index in [1.54, 1.807) is 41.1 Å². The number of anilines is 1. The van der Waals surface area contributed by atoms with Crippen molar-refractivity contribution >= 4 is 43.0 Å². The lowest BCUT2D eigenvalue weighted by molar-refractivity contribution is 0.102. The molecule has 3 aromatic carbocycles. The number of ether oxygens (including phenoxy) is 1. The summed E-state index contributed by atoms with van der Waals surface area (Å²) >= 11 is 1.55. The number of hydrogen-bond donors (Lipinski definition) is 2. The molecule has 0 aliphatic rings. The molecule has 0 atom stereocenters. The second-order valence-corrected chi connectivity index (χ2v) is 9.86. The Balaban J connectivity index is 1.44. The molecule has 0 aliphatic carbocycles. The standard InChI is InChI=1S/C22H17FN2O5S2/c1-32(28,29)21-10-17(16(23)9-19(21)26)25-22(27)14-4-2-13(3-5-14)11-30-15-6-7-20-18(8-15)24-12-31-20/h2-10,12,26H,11H2,1H3,(H,25,27). The van der Waals surface area contributed by atoms with Gasteiger partial charge in [0.25, 0.3) is 5.91 Å². The molecule has 0 fully saturated rings. The topological polar surface area (TPSA) is 106 Å². The number of nitrogens with zero attached hydrogens (tertiary/aromatic N) is 1. The summed E-state index contributed by atoms with van der Waals surface area (Å²) in [7, 11) is -3.80. The van der Waals surface area contributed by atoms with Gasteiger partial charge in [0, 0.05) is 24.0 Å². The van der Waals surface area contributed by atoms with Crippen molar-refractivity contribution < 1.29 is 27.4 Å². The maximum absolute atomic E-state index is 14.1. The van der Waals surface area contributed by atoms with Crippen LogP contribution in [-0.2, 0) is 16.4 Å². The van der Waals surface area contributed by atoms with Gasteiger partial charge in [-0.15, -0.1) is 11.3 Å². The maximum atomic E-state index is 14.1. The Hall–Kier alpha value is -3.50. The molecule has 4 rings (SSSR count). The molecule has 164 valence electrons. The number of sulfone groups is 1. The highest BCUT2D eigenvalue weighted by Gasteiger charge is 2.19. The van der Waals surface area contributed by atoms with Crippen molar-refractivity contribution in [2.24, 2.45) is 0 Å². The van der Waals surface area contributed by atoms with Gasteiger partial charge in [-0.05, 0) is 35.9 Å². The average Bonchev–Trinajstić information content (AvgIpc) is 3.21. The minimum atomic E-state index is -3.80. The number of carbonyl (C=O) groups is 1. The van der Waals surface area contributed by atoms with Crippen LogP contribution in [0.4, 0.5) is 10.1 Å². The van der Waals surface area contributed by atoms with Crippen molar-refractivity contribution in [3.05, 3.63) is 77.1 Å². The summed E-state index contributed by atoms with van der Waals surface area (Å²) in [6.07, 6.45) is 0.876. The number of halogens is 1. The predicted octanol–water partition coefficient (Wildman–Crippen LogP) is 4.38. The second kappa shape index (κ2) is 8.56. The number of aromatic nitrogens is 1. The fraction of sp³-hybridized carbons (Fsp3) is 0.0909. The maximum Gasteiger partial charge on any atom is 0.255 e. The third kappa shape index (κ3) is 4.71. The number of benzene rings is 3. The summed E-state index contributed by atoms with van der Waals surface area (Å²) in [5.41, 5.74) is 3.34. The number of fused-ring (bicyclic) bond motifs is 1. The molecule has 0 saturated carbocycles. The van der Waals surface area contributed by atoms with Crippen LogP contribution < -0.4 is 10.1 Å². The molecule has 7 nitrogen and oxygen atoms in total. The molecule has 0 saturated heterocycles. The zero-order chi connectivity index (χ0) is 22.9. The van der Waals surface area contributed by atoms with Crippen molar-refractivity contribution in [2.75, 3.05) is 11.6 Å². The number of rotatable bonds is 6. The van der Waals surface area contributed by atoms with E-state index in [1.165, 1.54) is 0 Å². The number of phenolic OH excluding ortho intramolecular Hbond substituents is 1. The van der Waals surface area contributed by atoms with Gasteiger partial charge in [0.2, 0.25) is 0 Å². The molecule has 10 heteroatoms. The second-order valence-electron chi connectivity index (χ2n) is 6.99. The SMILES string of the molecule is CS(=O)(=O)c1cc(NC(=O)c2ccc(COc3ccc4scnc4c3)cc2)c(F)cc1O. The van der Waals surface area contributed by atoms with Gasteiger partial charge in [-0.3, -0.25) is 4.79 Å². The average molecular weight is 473 g/mol. The summed E-state index contributed by atoms with van der Waals surface area (Å²) in [6, 6.07) is 13.7. The third-order valence-corrected chi connectivity index (χ3v) is 6.56. The molecular weight excluding hydrogens is 455 g/mol. The fourth-order valence-electron chi connectivity index (χ4n) is 2.98. The Morgan fingerprint density at radius 2 is 1.91 bits per heavy atom. The monoisotopic (exact) mass is 472 g/mol. The van der Waals surface area contributed by atoms with Crippen molar-refractivity contribution in [1.29, 1.82) is 0 Å². The number of nitrogens with one attached hydrogen (secondary N) is 1. The summed E-state index contributed by atoms with van der Waals surface area (Å²) in [5, 5.41) is 12.0. The van der Waals surface area contributed by atoms with E-state index in [-0.39, 0.29) is 17.9 Å². The lowest BCUT2D eigenvalue weighted by atomic mass is 10.1. The van der Waals surface area contributed by atoms with E-state index in [9.17, 15) is 22.7 Å². The molecule has 0 spiro atoms. The van der Waals surface area contributed by atoms with Crippen molar-refractivity contribution in [3.8, 4) is 11.5 Å². The number of hydrogen-bond acceptors (Lipinski definition) is 7. The largest absolute Gasteiger partial charge is 0.506 e. The first kappa shape index (κ1) is 21.7. The minimum absolute atomic E-state index is 0.242. The first-order valence-corrected chi connectivity index (χ1v) is 12.1. The van der Waals surface area contributed by atoms with Gasteiger partial charge < -0.3 is 15.2 Å². The van der Waals surface area contributed by atoms with Gasteiger partial charge >= 0.3 is 0 Å². The Morgan fingerprint density at radius 3 is 2.62 bits per heavy atom. The van der Waals surface area contributed by atoms with E-state index in [1.807, 2.05) is 18.2 Å². The number of amides is 1. The van der Waals surface area contributed by atoms with Crippen LogP contribution in [0.2, 0.25) is 0 Å². The molecule has 0 aliphatic heterocycles. The first-order valence-electron chi connectivity index (χ1n) is 9.29. The highest BCUT2D eigenvalue weighted by Crippen LogP contribution is 2.29. The Bertz CT molecular complexity index is 1420. The summed E-state index contributed by atoms with van der Waals surface area (Å²) < 4.78 is 44.4. The van der Waals surface area contributed by atoms with Crippen LogP contribution in [0.3, 0.4) is 0 Å². The van der Waals surface area contributed by atoms with Crippen LogP contribution in [-0.4, -0.2) is 30.7 Å². The Morgan fingerprint density at radius 1 is 1.16 bits per heavy atom. The van der Waals surface area contributed by atoms with Gasteiger partial charge in [-0.1, -0.05) is 12.1 Å². The number of thiazole rings is 1. The zero-order valence-electron chi connectivity index (χ0n) is 16.7. The molecule has 0 radical (unpaired) electrons. The van der Waals surface area contributed by atoms with Crippen molar-refractivity contribution in [3.63, 3.8) is 0 Å². The van der Waals surface area contributed by atoms with Crippen LogP contribution in [0.25, 0.3) is 10.2 Å². The first-order chi connectivity index (χ1) is 15.2. The Labute approximate surface area is 187 Å². The normalized spacial score (nSPS) is 11.4. The highest BCUT2D eigenvalue weighted by molar-refractivity contribution is 7.90. The Kier molecular flexibility index (Phi) is 5.81. The lowest BCUT2D eigenvalue weighted by Crippen LogP contribution is -2.14. The number of carbonyl (C=O) groups excluding carboxylic acids is 1. The van der Waals surface area contributed by atoms with Crippen molar-refractivity contribution in [2.45, 2.75) is 11.5 Å². The smallest absolute Gasteiger partial charge is 0.255 e.